The maximum absolute atomic E-state index is 6.17. The van der Waals surface area contributed by atoms with Gasteiger partial charge in [-0.1, -0.05) is 6.92 Å². The van der Waals surface area contributed by atoms with E-state index in [9.17, 15) is 0 Å². The van der Waals surface area contributed by atoms with Crippen LogP contribution in [0, 0.1) is 0 Å². The summed E-state index contributed by atoms with van der Waals surface area (Å²) >= 11 is 0. The van der Waals surface area contributed by atoms with E-state index in [1.807, 2.05) is 0 Å². The van der Waals surface area contributed by atoms with Crippen molar-refractivity contribution in [3.05, 3.63) is 0 Å². The molecule has 0 aliphatic carbocycles. The number of hydrogen-bond donors (Lipinski definition) is 1. The average molecular weight is 268 g/mol. The van der Waals surface area contributed by atoms with Gasteiger partial charge in [-0.3, -0.25) is 4.90 Å². The third-order valence-electron chi connectivity index (χ3n) is 5.60. The van der Waals surface area contributed by atoms with Crippen molar-refractivity contribution in [3.63, 3.8) is 0 Å². The Kier molecular flexibility index (Phi) is 5.23. The Morgan fingerprint density at radius 3 is 2.21 bits per heavy atom. The van der Waals surface area contributed by atoms with Crippen LogP contribution >= 0.6 is 0 Å². The Bertz CT molecular complexity index is 265. The van der Waals surface area contributed by atoms with E-state index in [4.69, 9.17) is 5.73 Å². The van der Waals surface area contributed by atoms with Gasteiger partial charge in [-0.25, -0.2) is 0 Å². The van der Waals surface area contributed by atoms with Crippen LogP contribution in [-0.4, -0.2) is 79.6 Å². The Hall–Kier alpha value is -0.160. The molecule has 4 heteroatoms. The van der Waals surface area contributed by atoms with E-state index in [2.05, 4.69) is 35.7 Å². The highest BCUT2D eigenvalue weighted by Gasteiger charge is 2.39. The third kappa shape index (κ3) is 3.30. The van der Waals surface area contributed by atoms with Crippen molar-refractivity contribution in [2.75, 3.05) is 53.4 Å². The van der Waals surface area contributed by atoms with Gasteiger partial charge >= 0.3 is 0 Å². The molecule has 0 aromatic carbocycles. The molecule has 0 spiro atoms. The number of rotatable bonds is 4. The molecule has 2 rings (SSSR count). The standard InChI is InChI=1S/C15H32N4/c1-4-19-9-5-14(6-10-19)18(3)15(13-16)7-11-17(2)12-8-15/h14H,4-13,16H2,1-3H3. The van der Waals surface area contributed by atoms with Crippen molar-refractivity contribution in [3.8, 4) is 0 Å². The van der Waals surface area contributed by atoms with Crippen LogP contribution in [0.25, 0.3) is 0 Å². The first-order valence-electron chi connectivity index (χ1n) is 7.95. The lowest BCUT2D eigenvalue weighted by Gasteiger charge is -2.51. The molecule has 0 saturated carbocycles. The Morgan fingerprint density at radius 1 is 1.16 bits per heavy atom. The second-order valence-electron chi connectivity index (χ2n) is 6.51. The first kappa shape index (κ1) is 15.2. The molecule has 2 aliphatic rings. The lowest BCUT2D eigenvalue weighted by atomic mass is 9.84. The van der Waals surface area contributed by atoms with Crippen molar-refractivity contribution >= 4 is 0 Å². The fourth-order valence-corrected chi connectivity index (χ4v) is 3.75. The molecule has 4 nitrogen and oxygen atoms in total. The molecule has 0 amide bonds. The predicted molar refractivity (Wildman–Crippen MR) is 81.4 cm³/mol. The highest BCUT2D eigenvalue weighted by molar-refractivity contribution is 4.98. The Labute approximate surface area is 118 Å². The second-order valence-corrected chi connectivity index (χ2v) is 6.51. The average Bonchev–Trinajstić information content (AvgIpc) is 2.48. The summed E-state index contributed by atoms with van der Waals surface area (Å²) in [6, 6.07) is 0.731. The van der Waals surface area contributed by atoms with Gasteiger partial charge in [-0.15, -0.1) is 0 Å². The summed E-state index contributed by atoms with van der Waals surface area (Å²) in [6.45, 7) is 9.17. The van der Waals surface area contributed by atoms with Gasteiger partial charge in [-0.2, -0.15) is 0 Å². The molecule has 0 atom stereocenters. The van der Waals surface area contributed by atoms with Crippen molar-refractivity contribution in [1.29, 1.82) is 0 Å². The molecule has 19 heavy (non-hydrogen) atoms. The van der Waals surface area contributed by atoms with Crippen LogP contribution in [0.15, 0.2) is 0 Å². The zero-order valence-corrected chi connectivity index (χ0v) is 13.1. The van der Waals surface area contributed by atoms with Crippen LogP contribution in [0.5, 0.6) is 0 Å². The van der Waals surface area contributed by atoms with Crippen LogP contribution in [0.1, 0.15) is 32.6 Å². The van der Waals surface area contributed by atoms with E-state index >= 15 is 0 Å². The van der Waals surface area contributed by atoms with Crippen LogP contribution in [0.2, 0.25) is 0 Å². The summed E-state index contributed by atoms with van der Waals surface area (Å²) in [5, 5.41) is 0. The van der Waals surface area contributed by atoms with Gasteiger partial charge in [-0.05, 0) is 72.5 Å². The van der Waals surface area contributed by atoms with Crippen LogP contribution in [0.4, 0.5) is 0 Å². The SMILES string of the molecule is CCN1CCC(N(C)C2(CN)CCN(C)CC2)CC1. The summed E-state index contributed by atoms with van der Waals surface area (Å²) in [7, 11) is 4.55. The smallest absolute Gasteiger partial charge is 0.0355 e. The molecule has 2 N–H and O–H groups in total. The van der Waals surface area contributed by atoms with Gasteiger partial charge < -0.3 is 15.5 Å². The molecule has 2 fully saturated rings. The van der Waals surface area contributed by atoms with E-state index in [0.717, 1.165) is 12.6 Å². The van der Waals surface area contributed by atoms with Gasteiger partial charge in [0.15, 0.2) is 0 Å². The fraction of sp³-hybridized carbons (Fsp3) is 1.00. The molecule has 0 radical (unpaired) electrons. The quantitative estimate of drug-likeness (QED) is 0.819. The van der Waals surface area contributed by atoms with E-state index in [1.54, 1.807) is 0 Å². The number of likely N-dealkylation sites (N-methyl/N-ethyl adjacent to an activating group) is 1. The molecule has 0 aromatic rings. The maximum Gasteiger partial charge on any atom is 0.0355 e. The normalized spacial score (nSPS) is 27.0. The zero-order valence-electron chi connectivity index (χ0n) is 13.1. The lowest BCUT2D eigenvalue weighted by Crippen LogP contribution is -2.61. The van der Waals surface area contributed by atoms with Crippen LogP contribution in [-0.2, 0) is 0 Å². The first-order chi connectivity index (χ1) is 9.11. The maximum atomic E-state index is 6.17. The number of piperidine rings is 2. The van der Waals surface area contributed by atoms with Crippen molar-refractivity contribution in [2.24, 2.45) is 5.73 Å². The van der Waals surface area contributed by atoms with E-state index < -0.39 is 0 Å². The predicted octanol–water partition coefficient (Wildman–Crippen LogP) is 0.826. The summed E-state index contributed by atoms with van der Waals surface area (Å²) in [5.41, 5.74) is 6.43. The third-order valence-corrected chi connectivity index (χ3v) is 5.60. The second kappa shape index (κ2) is 6.53. The summed E-state index contributed by atoms with van der Waals surface area (Å²) < 4.78 is 0. The number of likely N-dealkylation sites (tertiary alicyclic amines) is 2. The molecule has 0 aromatic heterocycles. The molecule has 0 unspecified atom stereocenters. The minimum Gasteiger partial charge on any atom is -0.329 e. The van der Waals surface area contributed by atoms with Gasteiger partial charge in [0.1, 0.15) is 0 Å². The molecule has 0 bridgehead atoms. The lowest BCUT2D eigenvalue weighted by molar-refractivity contribution is 0.00136. The van der Waals surface area contributed by atoms with Crippen molar-refractivity contribution in [1.82, 2.24) is 14.7 Å². The summed E-state index contributed by atoms with van der Waals surface area (Å²) in [4.78, 5) is 7.64. The van der Waals surface area contributed by atoms with E-state index in [1.165, 1.54) is 58.4 Å². The number of nitrogens with two attached hydrogens (primary N) is 1. The molecule has 2 heterocycles. The van der Waals surface area contributed by atoms with Crippen molar-refractivity contribution in [2.45, 2.75) is 44.2 Å². The Morgan fingerprint density at radius 2 is 1.74 bits per heavy atom. The molecule has 2 aliphatic heterocycles. The highest BCUT2D eigenvalue weighted by Crippen LogP contribution is 2.31. The van der Waals surface area contributed by atoms with Gasteiger partial charge in [0.2, 0.25) is 0 Å². The molecule has 2 saturated heterocycles. The molecule has 112 valence electrons. The zero-order chi connectivity index (χ0) is 13.9. The van der Waals surface area contributed by atoms with E-state index in [-0.39, 0.29) is 5.54 Å². The molecular weight excluding hydrogens is 236 g/mol. The van der Waals surface area contributed by atoms with Gasteiger partial charge in [0, 0.05) is 18.1 Å². The van der Waals surface area contributed by atoms with Gasteiger partial charge in [0.25, 0.3) is 0 Å². The minimum atomic E-state index is 0.256. The largest absolute Gasteiger partial charge is 0.329 e. The first-order valence-corrected chi connectivity index (χ1v) is 7.95. The van der Waals surface area contributed by atoms with Gasteiger partial charge in [0.05, 0.1) is 0 Å². The summed E-state index contributed by atoms with van der Waals surface area (Å²) in [5.74, 6) is 0. The van der Waals surface area contributed by atoms with Crippen molar-refractivity contribution < 1.29 is 0 Å². The van der Waals surface area contributed by atoms with Crippen LogP contribution < -0.4 is 5.73 Å². The molecular formula is C15H32N4. The van der Waals surface area contributed by atoms with E-state index in [0.29, 0.717) is 0 Å². The highest BCUT2D eigenvalue weighted by atomic mass is 15.3. The minimum absolute atomic E-state index is 0.256. The van der Waals surface area contributed by atoms with Crippen LogP contribution in [0.3, 0.4) is 0 Å². The monoisotopic (exact) mass is 268 g/mol. The fourth-order valence-electron chi connectivity index (χ4n) is 3.75. The Balaban J connectivity index is 1.95. The topological polar surface area (TPSA) is 35.7 Å². The summed E-state index contributed by atoms with van der Waals surface area (Å²) in [6.07, 6.45) is 5.07. The number of nitrogens with zero attached hydrogens (tertiary/aromatic N) is 3. The number of hydrogen-bond acceptors (Lipinski definition) is 4.